The molecule has 0 radical (unpaired) electrons. The van der Waals surface area contributed by atoms with E-state index in [1.165, 1.54) is 20.8 Å². The highest BCUT2D eigenvalue weighted by Gasteiger charge is 2.55. The molecule has 57 heavy (non-hydrogen) atoms. The van der Waals surface area contributed by atoms with Crippen molar-refractivity contribution in [3.8, 4) is 12.3 Å². The van der Waals surface area contributed by atoms with E-state index in [-0.39, 0.29) is 41.6 Å². The average Bonchev–Trinajstić information content (AvgIpc) is 3.66. The van der Waals surface area contributed by atoms with Crippen LogP contribution in [0.4, 0.5) is 5.82 Å². The van der Waals surface area contributed by atoms with Gasteiger partial charge in [0.05, 0.1) is 27.4 Å². The summed E-state index contributed by atoms with van der Waals surface area (Å²) in [5.41, 5.74) is 2.01. The van der Waals surface area contributed by atoms with Gasteiger partial charge in [0.1, 0.15) is 36.3 Å². The fourth-order valence-electron chi connectivity index (χ4n) is 5.15. The Balaban J connectivity index is 1.50. The van der Waals surface area contributed by atoms with Gasteiger partial charge in [0.15, 0.2) is 22.3 Å². The molecule has 0 aromatic carbocycles. The predicted octanol–water partition coefficient (Wildman–Crippen LogP) is -2.50. The number of imidazole rings is 1. The molecule has 3 heterocycles. The Bertz CT molecular complexity index is 1930. The Kier molecular flexibility index (Phi) is 17.3. The van der Waals surface area contributed by atoms with Gasteiger partial charge in [0, 0.05) is 43.5 Å². The molecule has 2 aromatic heterocycles. The molecular weight excluding hydrogens is 843 g/mol. The number of nitrogens with two attached hydrogens (primary N) is 1. The largest absolute Gasteiger partial charge is 0.790 e. The van der Waals surface area contributed by atoms with Crippen molar-refractivity contribution in [2.24, 2.45) is 5.41 Å². The number of terminal acetylenes is 1. The molecule has 0 saturated carbocycles. The van der Waals surface area contributed by atoms with E-state index in [4.69, 9.17) is 16.9 Å². The standard InChI is InChI=1S/C29H46N7O17P3S/c1-5-6-7-8-9-20(38)57-13-12-31-19(37)10-11-32-27(41)24(40)28(2,3)15-50-56(47,48)53-55(45,46)49-14-18-22(52-54(42,43)44)23(39)29(4,51-18)36-17-35-21-25(30)33-16-34-26(21)36/h1,16-18,22-24,39-40H,6-15H2,2-4H3,(H,31,37)(H,32,41)(H,45,46)(H,47,48)(H2,30,33,34)(H2,42,43,44)/p-4. The first-order valence-electron chi connectivity index (χ1n) is 16.9. The molecule has 7 atom stereocenters. The highest BCUT2D eigenvalue weighted by atomic mass is 32.2. The smallest absolute Gasteiger partial charge is 0.274 e. The minimum absolute atomic E-state index is 0.0311. The van der Waals surface area contributed by atoms with Crippen molar-refractivity contribution in [3.63, 3.8) is 0 Å². The van der Waals surface area contributed by atoms with Gasteiger partial charge >= 0.3 is 0 Å². The fourth-order valence-corrected chi connectivity index (χ4v) is 8.60. The number of aliphatic hydroxyl groups is 2. The van der Waals surface area contributed by atoms with Crippen molar-refractivity contribution in [2.75, 3.05) is 37.8 Å². The van der Waals surface area contributed by atoms with Gasteiger partial charge in [-0.1, -0.05) is 25.6 Å². The zero-order valence-electron chi connectivity index (χ0n) is 30.7. The molecule has 24 nitrogen and oxygen atoms in total. The van der Waals surface area contributed by atoms with Crippen LogP contribution in [0.5, 0.6) is 0 Å². The number of amides is 2. The van der Waals surface area contributed by atoms with Crippen LogP contribution in [0, 0.1) is 17.8 Å². The Morgan fingerprint density at radius 3 is 2.46 bits per heavy atom. The van der Waals surface area contributed by atoms with Crippen molar-refractivity contribution >= 4 is 69.1 Å². The molecule has 28 heteroatoms. The summed E-state index contributed by atoms with van der Waals surface area (Å²) in [5, 5.41) is 26.4. The van der Waals surface area contributed by atoms with Gasteiger partial charge in [-0.3, -0.25) is 28.1 Å². The summed E-state index contributed by atoms with van der Waals surface area (Å²) in [6, 6.07) is 0. The van der Waals surface area contributed by atoms with E-state index >= 15 is 0 Å². The van der Waals surface area contributed by atoms with Crippen molar-refractivity contribution in [1.82, 2.24) is 30.2 Å². The number of phosphoric ester groups is 3. The van der Waals surface area contributed by atoms with Crippen LogP contribution < -0.4 is 35.9 Å². The Labute approximate surface area is 330 Å². The topological polar surface area (TPSA) is 375 Å². The van der Waals surface area contributed by atoms with Crippen LogP contribution in [0.25, 0.3) is 11.2 Å². The molecule has 3 rings (SSSR count). The molecule has 1 aliphatic heterocycles. The summed E-state index contributed by atoms with van der Waals surface area (Å²) in [5.74, 6) is 1.26. The van der Waals surface area contributed by atoms with Crippen molar-refractivity contribution in [1.29, 1.82) is 0 Å². The molecule has 0 spiro atoms. The number of rotatable bonds is 23. The van der Waals surface area contributed by atoms with Crippen LogP contribution >= 0.6 is 35.2 Å². The number of hydrogen-bond donors (Lipinski definition) is 5. The number of nitrogens with zero attached hydrogens (tertiary/aromatic N) is 4. The number of hydrogen-bond acceptors (Lipinski definition) is 22. The lowest BCUT2D eigenvalue weighted by molar-refractivity contribution is -0.347. The molecule has 0 aliphatic carbocycles. The first-order chi connectivity index (χ1) is 26.4. The quantitative estimate of drug-likeness (QED) is 0.0437. The molecule has 2 amide bonds. The number of nitrogen functional groups attached to an aromatic ring is 1. The molecule has 7 unspecified atom stereocenters. The maximum absolute atomic E-state index is 12.6. The predicted molar refractivity (Wildman–Crippen MR) is 190 cm³/mol. The molecule has 0 bridgehead atoms. The number of carbonyl (C=O) groups is 3. The number of phosphoric acid groups is 3. The number of ether oxygens (including phenoxy) is 1. The summed E-state index contributed by atoms with van der Waals surface area (Å²) < 4.78 is 61.0. The third-order valence-corrected chi connectivity index (χ3v) is 12.1. The number of thioether (sulfide) groups is 1. The van der Waals surface area contributed by atoms with E-state index in [0.29, 0.717) is 25.0 Å². The Hall–Kier alpha value is -2.88. The first kappa shape index (κ1) is 48.5. The lowest BCUT2D eigenvalue weighted by Crippen LogP contribution is -2.46. The van der Waals surface area contributed by atoms with Crippen molar-refractivity contribution in [3.05, 3.63) is 12.7 Å². The highest BCUT2D eigenvalue weighted by molar-refractivity contribution is 8.13. The van der Waals surface area contributed by atoms with Gasteiger partial charge in [-0.2, -0.15) is 0 Å². The molecule has 1 fully saturated rings. The molecular formula is C29H42N7O17P3S-4. The van der Waals surface area contributed by atoms with Gasteiger partial charge in [-0.25, -0.2) is 19.3 Å². The summed E-state index contributed by atoms with van der Waals surface area (Å²) in [6.07, 6.45) is 1.44. The molecule has 1 saturated heterocycles. The Morgan fingerprint density at radius 1 is 1.11 bits per heavy atom. The van der Waals surface area contributed by atoms with Crippen LogP contribution in [0.2, 0.25) is 0 Å². The van der Waals surface area contributed by atoms with Crippen LogP contribution in [0.1, 0.15) is 52.9 Å². The monoisotopic (exact) mass is 885 g/mol. The third kappa shape index (κ3) is 14.4. The number of unbranched alkanes of at least 4 members (excludes halogenated alkanes) is 2. The minimum atomic E-state index is -5.94. The van der Waals surface area contributed by atoms with Gasteiger partial charge in [0.2, 0.25) is 11.8 Å². The minimum Gasteiger partial charge on any atom is -0.790 e. The van der Waals surface area contributed by atoms with Gasteiger partial charge in [0.25, 0.3) is 15.6 Å². The average molecular weight is 886 g/mol. The van der Waals surface area contributed by atoms with Crippen molar-refractivity contribution < 1.29 is 80.5 Å². The number of aliphatic hydroxyl groups excluding tert-OH is 2. The van der Waals surface area contributed by atoms with E-state index in [9.17, 15) is 57.9 Å². The van der Waals surface area contributed by atoms with Gasteiger partial charge in [-0.15, -0.1) is 12.3 Å². The van der Waals surface area contributed by atoms with E-state index < -0.39 is 84.1 Å². The summed E-state index contributed by atoms with van der Waals surface area (Å²) in [4.78, 5) is 96.3. The Morgan fingerprint density at radius 2 is 1.79 bits per heavy atom. The molecule has 6 N–H and O–H groups in total. The third-order valence-electron chi connectivity index (χ3n) is 8.18. The SMILES string of the molecule is C#CCCCCC(=O)SCCNC(=O)CCNC(=O)C(O)C(C)(C)COP(=O)([O-])OP(=O)([O-])OCC1OC(C)(n2cnc3c(N)ncnc32)C(O)C1OP(=O)([O-])[O-]. The molecule has 320 valence electrons. The first-order valence-corrected chi connectivity index (χ1v) is 22.2. The second-order valence-electron chi connectivity index (χ2n) is 13.2. The summed E-state index contributed by atoms with van der Waals surface area (Å²) in [7, 11) is -17.7. The maximum Gasteiger partial charge on any atom is 0.274 e. The van der Waals surface area contributed by atoms with Crippen molar-refractivity contribution in [2.45, 2.75) is 83.0 Å². The fraction of sp³-hybridized carbons (Fsp3) is 0.655. The molecule has 1 aliphatic rings. The van der Waals surface area contributed by atoms with Crippen LogP contribution in [-0.4, -0.2) is 103 Å². The van der Waals surface area contributed by atoms with Gasteiger partial charge in [-0.05, 0) is 19.8 Å². The van der Waals surface area contributed by atoms with E-state index in [2.05, 4.69) is 49.4 Å². The van der Waals surface area contributed by atoms with Crippen LogP contribution in [0.15, 0.2) is 12.7 Å². The zero-order chi connectivity index (χ0) is 42.8. The number of nitrogens with one attached hydrogen (secondary N) is 2. The number of aromatic nitrogens is 4. The van der Waals surface area contributed by atoms with E-state index in [1.807, 2.05) is 0 Å². The lowest BCUT2D eigenvalue weighted by Gasteiger charge is -2.36. The highest BCUT2D eigenvalue weighted by Crippen LogP contribution is 2.56. The summed E-state index contributed by atoms with van der Waals surface area (Å²) >= 11 is 1.06. The number of anilines is 1. The normalized spacial score (nSPS) is 22.6. The maximum atomic E-state index is 12.6. The summed E-state index contributed by atoms with van der Waals surface area (Å²) in [6.45, 7) is 1.23. The number of carbonyl (C=O) groups excluding carboxylic acids is 3. The van der Waals surface area contributed by atoms with E-state index in [1.54, 1.807) is 0 Å². The van der Waals surface area contributed by atoms with E-state index in [0.717, 1.165) is 35.4 Å². The number of fused-ring (bicyclic) bond motifs is 1. The zero-order valence-corrected chi connectivity index (χ0v) is 34.2. The van der Waals surface area contributed by atoms with Gasteiger partial charge < -0.3 is 69.0 Å². The second kappa shape index (κ2) is 20.4. The van der Waals surface area contributed by atoms with Crippen LogP contribution in [-0.2, 0) is 56.4 Å². The van der Waals surface area contributed by atoms with Crippen LogP contribution in [0.3, 0.4) is 0 Å². The second-order valence-corrected chi connectivity index (χ2v) is 18.4. The molecule has 2 aromatic rings. The lowest BCUT2D eigenvalue weighted by atomic mass is 9.87.